The third kappa shape index (κ3) is 2.71. The molecular weight excluding hydrogens is 253 g/mol. The summed E-state index contributed by atoms with van der Waals surface area (Å²) in [4.78, 5) is 11.4. The van der Waals surface area contributed by atoms with Gasteiger partial charge in [-0.3, -0.25) is 4.79 Å². The van der Waals surface area contributed by atoms with E-state index in [-0.39, 0.29) is 5.78 Å². The van der Waals surface area contributed by atoms with Crippen LogP contribution in [0.2, 0.25) is 0 Å². The first-order chi connectivity index (χ1) is 6.15. The lowest BCUT2D eigenvalue weighted by Gasteiger charge is -2.02. The number of hydrogen-bond donors (Lipinski definition) is 1. The minimum atomic E-state index is 0.0295. The smallest absolute Gasteiger partial charge is 0.165 e. The van der Waals surface area contributed by atoms with Gasteiger partial charge in [-0.25, -0.2) is 0 Å². The molecule has 1 aromatic carbocycles. The van der Waals surface area contributed by atoms with E-state index < -0.39 is 0 Å². The van der Waals surface area contributed by atoms with Crippen LogP contribution >= 0.6 is 27.5 Å². The van der Waals surface area contributed by atoms with Crippen molar-refractivity contribution in [2.75, 3.05) is 11.6 Å². The van der Waals surface area contributed by atoms with Gasteiger partial charge in [0.05, 0.1) is 0 Å². The molecule has 0 bridgehead atoms. The normalized spacial score (nSPS) is 10.0. The van der Waals surface area contributed by atoms with Gasteiger partial charge in [-0.05, 0) is 34.1 Å². The number of hydrogen-bond acceptors (Lipinski definition) is 2. The van der Waals surface area contributed by atoms with E-state index >= 15 is 0 Å². The highest BCUT2D eigenvalue weighted by Gasteiger charge is 2.08. The number of ketones is 1. The van der Waals surface area contributed by atoms with Crippen LogP contribution in [0.3, 0.4) is 0 Å². The molecule has 2 N–H and O–H groups in total. The van der Waals surface area contributed by atoms with Crippen LogP contribution in [0.15, 0.2) is 22.7 Å². The van der Waals surface area contributed by atoms with Crippen molar-refractivity contribution in [3.05, 3.63) is 28.2 Å². The number of rotatable bonds is 3. The molecule has 0 heterocycles. The third-order valence-corrected chi connectivity index (χ3v) is 2.46. The van der Waals surface area contributed by atoms with Gasteiger partial charge in [0.2, 0.25) is 0 Å². The Morgan fingerprint density at radius 2 is 2.23 bits per heavy atom. The number of Topliss-reactive ketones (excluding diaryl/α,β-unsaturated/α-hetero) is 1. The zero-order valence-corrected chi connectivity index (χ0v) is 9.23. The van der Waals surface area contributed by atoms with Crippen LogP contribution in [0.4, 0.5) is 5.69 Å². The molecule has 0 atom stereocenters. The Morgan fingerprint density at radius 1 is 1.54 bits per heavy atom. The second kappa shape index (κ2) is 4.63. The Kier molecular flexibility index (Phi) is 3.75. The fourth-order valence-corrected chi connectivity index (χ4v) is 1.77. The Hall–Kier alpha value is -0.540. The molecule has 4 heteroatoms. The van der Waals surface area contributed by atoms with Crippen molar-refractivity contribution in [1.82, 2.24) is 0 Å². The van der Waals surface area contributed by atoms with Gasteiger partial charge in [-0.2, -0.15) is 0 Å². The van der Waals surface area contributed by atoms with Crippen molar-refractivity contribution in [2.24, 2.45) is 0 Å². The largest absolute Gasteiger partial charge is 0.399 e. The maximum Gasteiger partial charge on any atom is 0.165 e. The van der Waals surface area contributed by atoms with Crippen molar-refractivity contribution >= 4 is 39.0 Å². The predicted octanol–water partition coefficient (Wildman–Crippen LogP) is 2.84. The summed E-state index contributed by atoms with van der Waals surface area (Å²) in [5.74, 6) is 0.372. The molecule has 0 saturated heterocycles. The van der Waals surface area contributed by atoms with Gasteiger partial charge in [0.1, 0.15) is 0 Å². The molecule has 2 nitrogen and oxygen atoms in total. The van der Waals surface area contributed by atoms with E-state index in [4.69, 9.17) is 17.3 Å². The van der Waals surface area contributed by atoms with Crippen molar-refractivity contribution in [2.45, 2.75) is 6.42 Å². The zero-order chi connectivity index (χ0) is 9.84. The van der Waals surface area contributed by atoms with E-state index in [0.29, 0.717) is 23.6 Å². The fourth-order valence-electron chi connectivity index (χ4n) is 0.978. The van der Waals surface area contributed by atoms with Crippen LogP contribution in [-0.4, -0.2) is 11.7 Å². The van der Waals surface area contributed by atoms with Crippen LogP contribution in [0, 0.1) is 0 Å². The monoisotopic (exact) mass is 261 g/mol. The Morgan fingerprint density at radius 3 is 2.77 bits per heavy atom. The van der Waals surface area contributed by atoms with E-state index in [1.165, 1.54) is 0 Å². The number of benzene rings is 1. The summed E-state index contributed by atoms with van der Waals surface area (Å²) in [6.45, 7) is 0. The molecule has 0 aromatic heterocycles. The molecule has 0 radical (unpaired) electrons. The molecule has 0 aliphatic carbocycles. The first kappa shape index (κ1) is 10.5. The van der Waals surface area contributed by atoms with E-state index in [0.717, 1.165) is 4.47 Å². The van der Waals surface area contributed by atoms with Gasteiger partial charge >= 0.3 is 0 Å². The summed E-state index contributed by atoms with van der Waals surface area (Å²) in [6.07, 6.45) is 0.351. The van der Waals surface area contributed by atoms with E-state index in [1.807, 2.05) is 0 Å². The maximum atomic E-state index is 11.4. The Balaban J connectivity index is 2.95. The van der Waals surface area contributed by atoms with Gasteiger partial charge in [0, 0.05) is 28.0 Å². The molecule has 1 aromatic rings. The molecule has 0 aliphatic heterocycles. The number of carbonyl (C=O) groups excluding carboxylic acids is 1. The van der Waals surface area contributed by atoms with Crippen LogP contribution in [-0.2, 0) is 0 Å². The number of carbonyl (C=O) groups is 1. The second-order valence-electron chi connectivity index (χ2n) is 2.60. The average molecular weight is 263 g/mol. The second-order valence-corrected chi connectivity index (χ2v) is 3.83. The number of anilines is 1. The Labute approximate surface area is 90.2 Å². The summed E-state index contributed by atoms with van der Waals surface area (Å²) in [5, 5.41) is 0. The maximum absolute atomic E-state index is 11.4. The zero-order valence-electron chi connectivity index (χ0n) is 6.89. The Bertz CT molecular complexity index is 327. The SMILES string of the molecule is Nc1ccc(C(=O)CCCl)c(Br)c1. The van der Waals surface area contributed by atoms with Gasteiger partial charge in [0.15, 0.2) is 5.78 Å². The summed E-state index contributed by atoms with van der Waals surface area (Å²) in [5.41, 5.74) is 6.80. The lowest BCUT2D eigenvalue weighted by molar-refractivity contribution is 0.0988. The topological polar surface area (TPSA) is 43.1 Å². The molecule has 70 valence electrons. The van der Waals surface area contributed by atoms with Crippen molar-refractivity contribution in [3.8, 4) is 0 Å². The number of nitrogen functional groups attached to an aromatic ring is 1. The summed E-state index contributed by atoms with van der Waals surface area (Å²) in [6, 6.07) is 5.11. The van der Waals surface area contributed by atoms with E-state index in [1.54, 1.807) is 18.2 Å². The van der Waals surface area contributed by atoms with Gasteiger partial charge < -0.3 is 5.73 Å². The molecule has 0 aliphatic rings. The summed E-state index contributed by atoms with van der Waals surface area (Å²) in [7, 11) is 0. The highest BCUT2D eigenvalue weighted by atomic mass is 79.9. The molecule has 0 saturated carbocycles. The minimum Gasteiger partial charge on any atom is -0.399 e. The number of halogens is 2. The van der Waals surface area contributed by atoms with Crippen LogP contribution < -0.4 is 5.73 Å². The summed E-state index contributed by atoms with van der Waals surface area (Å²) >= 11 is 8.74. The van der Waals surface area contributed by atoms with Crippen LogP contribution in [0.1, 0.15) is 16.8 Å². The van der Waals surface area contributed by atoms with Crippen LogP contribution in [0.25, 0.3) is 0 Å². The quantitative estimate of drug-likeness (QED) is 0.517. The first-order valence-corrected chi connectivity index (χ1v) is 5.12. The first-order valence-electron chi connectivity index (χ1n) is 3.79. The highest BCUT2D eigenvalue weighted by molar-refractivity contribution is 9.10. The average Bonchev–Trinajstić information content (AvgIpc) is 2.04. The fraction of sp³-hybridized carbons (Fsp3) is 0.222. The molecule has 13 heavy (non-hydrogen) atoms. The lowest BCUT2D eigenvalue weighted by atomic mass is 10.1. The van der Waals surface area contributed by atoms with Gasteiger partial charge in [-0.1, -0.05) is 0 Å². The van der Waals surface area contributed by atoms with E-state index in [9.17, 15) is 4.79 Å². The van der Waals surface area contributed by atoms with Crippen LogP contribution in [0.5, 0.6) is 0 Å². The van der Waals surface area contributed by atoms with Crippen molar-refractivity contribution < 1.29 is 4.79 Å². The van der Waals surface area contributed by atoms with Crippen molar-refractivity contribution in [3.63, 3.8) is 0 Å². The summed E-state index contributed by atoms with van der Waals surface area (Å²) < 4.78 is 0.725. The van der Waals surface area contributed by atoms with Gasteiger partial charge in [0.25, 0.3) is 0 Å². The number of alkyl halides is 1. The third-order valence-electron chi connectivity index (χ3n) is 1.62. The van der Waals surface area contributed by atoms with E-state index in [2.05, 4.69) is 15.9 Å². The molecule has 0 spiro atoms. The lowest BCUT2D eigenvalue weighted by Crippen LogP contribution is -2.01. The van der Waals surface area contributed by atoms with Crippen molar-refractivity contribution in [1.29, 1.82) is 0 Å². The molecule has 1 rings (SSSR count). The van der Waals surface area contributed by atoms with Gasteiger partial charge in [-0.15, -0.1) is 11.6 Å². The molecule has 0 unspecified atom stereocenters. The predicted molar refractivity (Wildman–Crippen MR) is 58.2 cm³/mol. The highest BCUT2D eigenvalue weighted by Crippen LogP contribution is 2.21. The molecule has 0 fully saturated rings. The number of nitrogens with two attached hydrogens (primary N) is 1. The standard InChI is InChI=1S/C9H9BrClNO/c10-8-5-6(12)1-2-7(8)9(13)3-4-11/h1-2,5H,3-4,12H2. The molecular formula is C9H9BrClNO. The minimum absolute atomic E-state index is 0.0295. The molecule has 0 amide bonds.